The molecule has 1 N–H and O–H groups in total. The molecule has 0 spiro atoms. The highest BCUT2D eigenvalue weighted by Crippen LogP contribution is 2.23. The van der Waals surface area contributed by atoms with E-state index in [1.807, 2.05) is 24.3 Å². The number of imidazole rings is 1. The van der Waals surface area contributed by atoms with E-state index in [0.717, 1.165) is 5.52 Å². The van der Waals surface area contributed by atoms with Gasteiger partial charge < -0.3 is 9.72 Å². The lowest BCUT2D eigenvalue weighted by atomic mass is 10.3. The molecule has 0 fully saturated rings. The molecular weight excluding hydrogens is 230 g/mol. The topological polar surface area (TPSA) is 59.9 Å². The van der Waals surface area contributed by atoms with Gasteiger partial charge in [-0.05, 0) is 24.3 Å². The van der Waals surface area contributed by atoms with Gasteiger partial charge in [0.2, 0.25) is 0 Å². The van der Waals surface area contributed by atoms with E-state index in [0.29, 0.717) is 17.1 Å². The fraction of sp³-hybridized carbons (Fsp3) is 0.0769. The highest BCUT2D eigenvalue weighted by Gasteiger charge is 2.12. The zero-order valence-corrected chi connectivity index (χ0v) is 9.75. The first-order chi connectivity index (χ1) is 8.81. The normalized spacial score (nSPS) is 10.7. The van der Waals surface area contributed by atoms with Gasteiger partial charge in [0.05, 0.1) is 12.6 Å². The Morgan fingerprint density at radius 3 is 2.83 bits per heavy atom. The summed E-state index contributed by atoms with van der Waals surface area (Å²) in [6.45, 7) is 0. The quantitative estimate of drug-likeness (QED) is 0.743. The van der Waals surface area contributed by atoms with Crippen molar-refractivity contribution in [1.29, 1.82) is 0 Å². The zero-order valence-electron chi connectivity index (χ0n) is 9.75. The molecule has 0 bridgehead atoms. The zero-order chi connectivity index (χ0) is 12.5. The van der Waals surface area contributed by atoms with Gasteiger partial charge in [0.15, 0.2) is 0 Å². The van der Waals surface area contributed by atoms with Crippen molar-refractivity contribution in [3.05, 3.63) is 53.1 Å². The fourth-order valence-corrected chi connectivity index (χ4v) is 1.99. The van der Waals surface area contributed by atoms with Crippen LogP contribution in [-0.2, 0) is 0 Å². The molecule has 1 aromatic carbocycles. The lowest BCUT2D eigenvalue weighted by Crippen LogP contribution is -2.15. The van der Waals surface area contributed by atoms with Gasteiger partial charge in [-0.3, -0.25) is 0 Å². The molecule has 0 radical (unpaired) electrons. The number of ether oxygens (including phenoxy) is 1. The second kappa shape index (κ2) is 4.03. The number of hydrogen-bond donors (Lipinski definition) is 1. The summed E-state index contributed by atoms with van der Waals surface area (Å²) >= 11 is 0. The first kappa shape index (κ1) is 10.6. The Kier molecular flexibility index (Phi) is 2.37. The molecule has 0 atom stereocenters. The fourth-order valence-electron chi connectivity index (χ4n) is 1.99. The summed E-state index contributed by atoms with van der Waals surface area (Å²) in [6, 6.07) is 10.9. The van der Waals surface area contributed by atoms with Crippen molar-refractivity contribution in [3.8, 4) is 11.6 Å². The molecule has 0 saturated carbocycles. The second-order valence-corrected chi connectivity index (χ2v) is 3.81. The number of hydrogen-bond acceptors (Lipinski definition) is 3. The molecule has 0 saturated heterocycles. The Morgan fingerprint density at radius 2 is 2.11 bits per heavy atom. The summed E-state index contributed by atoms with van der Waals surface area (Å²) in [5, 5.41) is 0. The summed E-state index contributed by atoms with van der Waals surface area (Å²) in [7, 11) is 1.57. The van der Waals surface area contributed by atoms with Crippen molar-refractivity contribution in [2.45, 2.75) is 0 Å². The third kappa shape index (κ3) is 1.48. The summed E-state index contributed by atoms with van der Waals surface area (Å²) in [5.74, 6) is 1.22. The van der Waals surface area contributed by atoms with Crippen molar-refractivity contribution in [3.63, 3.8) is 0 Å². The van der Waals surface area contributed by atoms with Crippen molar-refractivity contribution in [2.24, 2.45) is 0 Å². The number of aromatic amines is 1. The van der Waals surface area contributed by atoms with E-state index in [2.05, 4.69) is 9.97 Å². The lowest BCUT2D eigenvalue weighted by Gasteiger charge is -2.03. The average Bonchev–Trinajstić information content (AvgIpc) is 2.75. The van der Waals surface area contributed by atoms with Crippen LogP contribution in [0.15, 0.2) is 47.4 Å². The number of fused-ring (bicyclic) bond motifs is 1. The van der Waals surface area contributed by atoms with Crippen LogP contribution in [-0.4, -0.2) is 21.6 Å². The molecular formula is C13H11N3O2. The number of benzene rings is 1. The first-order valence-electron chi connectivity index (χ1n) is 5.50. The van der Waals surface area contributed by atoms with Gasteiger partial charge in [0, 0.05) is 6.20 Å². The van der Waals surface area contributed by atoms with Gasteiger partial charge in [-0.25, -0.2) is 14.3 Å². The number of nitrogens with one attached hydrogen (secondary N) is 1. The molecule has 5 heteroatoms. The third-order valence-corrected chi connectivity index (χ3v) is 2.78. The van der Waals surface area contributed by atoms with E-state index in [9.17, 15) is 4.79 Å². The van der Waals surface area contributed by atoms with Crippen molar-refractivity contribution < 1.29 is 4.74 Å². The number of rotatable bonds is 2. The standard InChI is InChI=1S/C13H11N3O2/c1-18-10-6-4-5-9-12(10)15-13(17)16(9)11-7-2-3-8-14-11/h2-8H,1H3,(H,15,17). The van der Waals surface area contributed by atoms with E-state index in [1.165, 1.54) is 4.57 Å². The van der Waals surface area contributed by atoms with Gasteiger partial charge in [-0.1, -0.05) is 12.1 Å². The number of H-pyrrole nitrogens is 1. The van der Waals surface area contributed by atoms with Crippen LogP contribution in [0.1, 0.15) is 0 Å². The Morgan fingerprint density at radius 1 is 1.22 bits per heavy atom. The largest absolute Gasteiger partial charge is 0.494 e. The van der Waals surface area contributed by atoms with Gasteiger partial charge in [0.1, 0.15) is 17.1 Å². The minimum Gasteiger partial charge on any atom is -0.494 e. The molecule has 2 aromatic heterocycles. The van der Waals surface area contributed by atoms with Crippen LogP contribution in [0, 0.1) is 0 Å². The van der Waals surface area contributed by atoms with Crippen LogP contribution in [0.4, 0.5) is 0 Å². The monoisotopic (exact) mass is 241 g/mol. The lowest BCUT2D eigenvalue weighted by molar-refractivity contribution is 0.419. The first-order valence-corrected chi connectivity index (χ1v) is 5.50. The van der Waals surface area contributed by atoms with E-state index in [4.69, 9.17) is 4.74 Å². The SMILES string of the molecule is COc1cccc2c1[nH]c(=O)n2-c1ccccn1. The predicted octanol–water partition coefficient (Wildman–Crippen LogP) is 1.72. The molecule has 0 aliphatic rings. The van der Waals surface area contributed by atoms with Crippen molar-refractivity contribution >= 4 is 11.0 Å². The molecule has 90 valence electrons. The number of aromatic nitrogens is 3. The van der Waals surface area contributed by atoms with E-state index >= 15 is 0 Å². The number of nitrogens with zero attached hydrogens (tertiary/aromatic N) is 2. The van der Waals surface area contributed by atoms with Gasteiger partial charge in [0.25, 0.3) is 0 Å². The van der Waals surface area contributed by atoms with Crippen molar-refractivity contribution in [1.82, 2.24) is 14.5 Å². The maximum atomic E-state index is 12.0. The molecule has 0 amide bonds. The number of pyridine rings is 1. The Hall–Kier alpha value is -2.56. The van der Waals surface area contributed by atoms with Crippen LogP contribution in [0.3, 0.4) is 0 Å². The van der Waals surface area contributed by atoms with Crippen LogP contribution < -0.4 is 10.4 Å². The minimum absolute atomic E-state index is 0.229. The smallest absolute Gasteiger partial charge is 0.332 e. The summed E-state index contributed by atoms with van der Waals surface area (Å²) in [5.41, 5.74) is 1.20. The molecule has 18 heavy (non-hydrogen) atoms. The van der Waals surface area contributed by atoms with Crippen LogP contribution in [0.5, 0.6) is 5.75 Å². The highest BCUT2D eigenvalue weighted by atomic mass is 16.5. The maximum absolute atomic E-state index is 12.0. The molecule has 0 aliphatic heterocycles. The molecule has 3 rings (SSSR count). The maximum Gasteiger partial charge on any atom is 0.332 e. The Labute approximate surface area is 103 Å². The van der Waals surface area contributed by atoms with Crippen LogP contribution >= 0.6 is 0 Å². The predicted molar refractivity (Wildman–Crippen MR) is 68.2 cm³/mol. The summed E-state index contributed by atoms with van der Waals surface area (Å²) in [6.07, 6.45) is 1.65. The van der Waals surface area contributed by atoms with E-state index in [-0.39, 0.29) is 5.69 Å². The number of methoxy groups -OCH3 is 1. The van der Waals surface area contributed by atoms with Gasteiger partial charge in [-0.15, -0.1) is 0 Å². The van der Waals surface area contributed by atoms with E-state index < -0.39 is 0 Å². The summed E-state index contributed by atoms with van der Waals surface area (Å²) < 4.78 is 6.75. The average molecular weight is 241 g/mol. The molecule has 5 nitrogen and oxygen atoms in total. The second-order valence-electron chi connectivity index (χ2n) is 3.81. The van der Waals surface area contributed by atoms with Crippen LogP contribution in [0.2, 0.25) is 0 Å². The van der Waals surface area contributed by atoms with E-state index in [1.54, 1.807) is 25.4 Å². The molecule has 0 aliphatic carbocycles. The van der Waals surface area contributed by atoms with Gasteiger partial charge in [-0.2, -0.15) is 0 Å². The Bertz CT molecular complexity index is 744. The minimum atomic E-state index is -0.229. The molecule has 2 heterocycles. The number of para-hydroxylation sites is 1. The highest BCUT2D eigenvalue weighted by molar-refractivity contribution is 5.83. The molecule has 3 aromatic rings. The Balaban J connectivity index is 2.37. The van der Waals surface area contributed by atoms with Crippen LogP contribution in [0.25, 0.3) is 16.9 Å². The third-order valence-electron chi connectivity index (χ3n) is 2.78. The van der Waals surface area contributed by atoms with Crippen molar-refractivity contribution in [2.75, 3.05) is 7.11 Å². The molecule has 0 unspecified atom stereocenters. The van der Waals surface area contributed by atoms with Gasteiger partial charge >= 0.3 is 5.69 Å². The summed E-state index contributed by atoms with van der Waals surface area (Å²) in [4.78, 5) is 19.0.